The van der Waals surface area contributed by atoms with E-state index in [2.05, 4.69) is 9.71 Å². The summed E-state index contributed by atoms with van der Waals surface area (Å²) in [5, 5.41) is 2.74. The van der Waals surface area contributed by atoms with Crippen molar-refractivity contribution < 1.29 is 13.2 Å². The summed E-state index contributed by atoms with van der Waals surface area (Å²) in [5.74, 6) is 0. The molecule has 0 saturated heterocycles. The Kier molecular flexibility index (Phi) is 3.21. The van der Waals surface area contributed by atoms with E-state index >= 15 is 0 Å². The fourth-order valence-electron chi connectivity index (χ4n) is 3.19. The molecule has 1 N–H and O–H groups in total. The summed E-state index contributed by atoms with van der Waals surface area (Å²) in [7, 11) is -3.37. The first-order valence-electron chi connectivity index (χ1n) is 6.92. The smallest absolute Gasteiger partial charge is 0.301 e. The SMILES string of the molecule is O=S1(=O)N=C(NC2CCCC2)OC2CCCCC21. The highest BCUT2D eigenvalue weighted by atomic mass is 32.2. The Hall–Kier alpha value is -0.780. The molecular weight excluding hydrogens is 252 g/mol. The summed E-state index contributed by atoms with van der Waals surface area (Å²) in [6.45, 7) is 0. The van der Waals surface area contributed by atoms with Gasteiger partial charge in [0.15, 0.2) is 0 Å². The molecule has 1 heterocycles. The number of amidine groups is 1. The standard InChI is InChI=1S/C12H20N2O3S/c15-18(16)11-8-4-3-7-10(11)17-12(14-18)13-9-5-1-2-6-9/h9-11H,1-8H2,(H,13,14). The minimum Gasteiger partial charge on any atom is -0.460 e. The van der Waals surface area contributed by atoms with E-state index in [1.807, 2.05) is 0 Å². The van der Waals surface area contributed by atoms with Crippen LogP contribution in [0, 0.1) is 0 Å². The number of hydrogen-bond donors (Lipinski definition) is 1. The average molecular weight is 272 g/mol. The Morgan fingerprint density at radius 2 is 1.72 bits per heavy atom. The molecule has 2 fully saturated rings. The number of ether oxygens (including phenoxy) is 1. The van der Waals surface area contributed by atoms with Gasteiger partial charge in [-0.05, 0) is 32.1 Å². The molecule has 102 valence electrons. The van der Waals surface area contributed by atoms with Crippen molar-refractivity contribution in [3.05, 3.63) is 0 Å². The number of hydrogen-bond acceptors (Lipinski definition) is 4. The molecule has 6 heteroatoms. The Balaban J connectivity index is 1.76. The highest BCUT2D eigenvalue weighted by Gasteiger charge is 2.41. The van der Waals surface area contributed by atoms with E-state index in [0.717, 1.165) is 32.1 Å². The van der Waals surface area contributed by atoms with Gasteiger partial charge in [-0.1, -0.05) is 19.3 Å². The second kappa shape index (κ2) is 4.72. The lowest BCUT2D eigenvalue weighted by molar-refractivity contribution is 0.131. The van der Waals surface area contributed by atoms with Crippen LogP contribution in [0.5, 0.6) is 0 Å². The van der Waals surface area contributed by atoms with Crippen molar-refractivity contribution in [2.24, 2.45) is 4.40 Å². The van der Waals surface area contributed by atoms with Crippen molar-refractivity contribution in [3.8, 4) is 0 Å². The third-order valence-corrected chi connectivity index (χ3v) is 5.91. The quantitative estimate of drug-likeness (QED) is 0.786. The van der Waals surface area contributed by atoms with Gasteiger partial charge in [0.2, 0.25) is 0 Å². The maximum Gasteiger partial charge on any atom is 0.301 e. The molecule has 2 unspecified atom stereocenters. The van der Waals surface area contributed by atoms with Gasteiger partial charge in [-0.15, -0.1) is 4.40 Å². The van der Waals surface area contributed by atoms with Crippen LogP contribution in [-0.2, 0) is 14.8 Å². The topological polar surface area (TPSA) is 67.8 Å². The third-order valence-electron chi connectivity index (χ3n) is 4.18. The van der Waals surface area contributed by atoms with Crippen molar-refractivity contribution in [2.45, 2.75) is 68.8 Å². The Labute approximate surface area is 108 Å². The van der Waals surface area contributed by atoms with Crippen molar-refractivity contribution in [2.75, 3.05) is 0 Å². The van der Waals surface area contributed by atoms with E-state index in [0.29, 0.717) is 12.5 Å². The van der Waals surface area contributed by atoms with Gasteiger partial charge in [0.25, 0.3) is 10.0 Å². The first kappa shape index (κ1) is 12.3. The van der Waals surface area contributed by atoms with E-state index in [9.17, 15) is 8.42 Å². The van der Waals surface area contributed by atoms with Gasteiger partial charge >= 0.3 is 6.02 Å². The van der Waals surface area contributed by atoms with E-state index in [1.165, 1.54) is 12.8 Å². The van der Waals surface area contributed by atoms with Crippen molar-refractivity contribution >= 4 is 16.0 Å². The third kappa shape index (κ3) is 2.35. The normalized spacial score (nSPS) is 35.4. The summed E-state index contributed by atoms with van der Waals surface area (Å²) < 4.78 is 33.8. The summed E-state index contributed by atoms with van der Waals surface area (Å²) in [5.41, 5.74) is 0. The Morgan fingerprint density at radius 3 is 2.50 bits per heavy atom. The maximum atomic E-state index is 12.1. The van der Waals surface area contributed by atoms with E-state index in [1.54, 1.807) is 0 Å². The first-order chi connectivity index (χ1) is 8.65. The molecule has 0 radical (unpaired) electrons. The van der Waals surface area contributed by atoms with Gasteiger partial charge in [-0.25, -0.2) is 8.42 Å². The molecule has 0 aromatic rings. The minimum atomic E-state index is -3.37. The number of nitrogens with zero attached hydrogens (tertiary/aromatic N) is 1. The van der Waals surface area contributed by atoms with Crippen LogP contribution in [0.15, 0.2) is 4.40 Å². The van der Waals surface area contributed by atoms with Gasteiger partial charge in [-0.2, -0.15) is 0 Å². The molecule has 1 aliphatic heterocycles. The zero-order valence-corrected chi connectivity index (χ0v) is 11.3. The molecular formula is C12H20N2O3S. The van der Waals surface area contributed by atoms with Crippen LogP contribution in [0.25, 0.3) is 0 Å². The number of nitrogens with one attached hydrogen (secondary N) is 1. The predicted octanol–water partition coefficient (Wildman–Crippen LogP) is 1.55. The minimum absolute atomic E-state index is 0.190. The second-order valence-electron chi connectivity index (χ2n) is 5.52. The molecule has 2 atom stereocenters. The molecule has 0 aromatic heterocycles. The molecule has 5 nitrogen and oxygen atoms in total. The van der Waals surface area contributed by atoms with Gasteiger partial charge in [0, 0.05) is 6.04 Å². The fraction of sp³-hybridized carbons (Fsp3) is 0.917. The molecule has 0 bridgehead atoms. The molecule has 18 heavy (non-hydrogen) atoms. The lowest BCUT2D eigenvalue weighted by Gasteiger charge is -2.34. The van der Waals surface area contributed by atoms with Crippen molar-refractivity contribution in [1.29, 1.82) is 0 Å². The van der Waals surface area contributed by atoms with Crippen molar-refractivity contribution in [1.82, 2.24) is 5.32 Å². The lowest BCUT2D eigenvalue weighted by atomic mass is 9.97. The Bertz CT molecular complexity index is 440. The van der Waals surface area contributed by atoms with Crippen LogP contribution < -0.4 is 5.32 Å². The molecule has 0 spiro atoms. The van der Waals surface area contributed by atoms with Gasteiger partial charge < -0.3 is 10.1 Å². The number of rotatable bonds is 1. The summed E-state index contributed by atoms with van der Waals surface area (Å²) in [6, 6.07) is 0.573. The summed E-state index contributed by atoms with van der Waals surface area (Å²) >= 11 is 0. The van der Waals surface area contributed by atoms with Gasteiger partial charge in [-0.3, -0.25) is 0 Å². The first-order valence-corrected chi connectivity index (χ1v) is 8.42. The zero-order chi connectivity index (χ0) is 12.6. The van der Waals surface area contributed by atoms with Crippen LogP contribution in [0.3, 0.4) is 0 Å². The largest absolute Gasteiger partial charge is 0.460 e. The summed E-state index contributed by atoms with van der Waals surface area (Å²) in [6.07, 6.45) is 7.89. The van der Waals surface area contributed by atoms with E-state index in [-0.39, 0.29) is 12.1 Å². The van der Waals surface area contributed by atoms with Crippen LogP contribution in [0.4, 0.5) is 0 Å². The van der Waals surface area contributed by atoms with Gasteiger partial charge in [0.05, 0.1) is 0 Å². The fourth-order valence-corrected chi connectivity index (χ4v) is 4.69. The molecule has 0 aromatic carbocycles. The monoisotopic (exact) mass is 272 g/mol. The molecule has 2 saturated carbocycles. The zero-order valence-electron chi connectivity index (χ0n) is 10.5. The average Bonchev–Trinajstić information content (AvgIpc) is 2.81. The van der Waals surface area contributed by atoms with Crippen molar-refractivity contribution in [3.63, 3.8) is 0 Å². The molecule has 3 aliphatic rings. The highest BCUT2D eigenvalue weighted by molar-refractivity contribution is 7.91. The van der Waals surface area contributed by atoms with E-state index in [4.69, 9.17) is 4.74 Å². The number of fused-ring (bicyclic) bond motifs is 1. The molecule has 0 amide bonds. The predicted molar refractivity (Wildman–Crippen MR) is 68.9 cm³/mol. The van der Waals surface area contributed by atoms with Crippen LogP contribution in [0.2, 0.25) is 0 Å². The summed E-state index contributed by atoms with van der Waals surface area (Å²) in [4.78, 5) is 0. The second-order valence-corrected chi connectivity index (χ2v) is 7.33. The maximum absolute atomic E-state index is 12.1. The lowest BCUT2D eigenvalue weighted by Crippen LogP contribution is -2.48. The molecule has 3 rings (SSSR count). The number of sulfonamides is 1. The Morgan fingerprint density at radius 1 is 1.06 bits per heavy atom. The van der Waals surface area contributed by atoms with Crippen LogP contribution >= 0.6 is 0 Å². The van der Waals surface area contributed by atoms with E-state index < -0.39 is 15.3 Å². The molecule has 2 aliphatic carbocycles. The van der Waals surface area contributed by atoms with Crippen LogP contribution in [-0.4, -0.2) is 31.8 Å². The highest BCUT2D eigenvalue weighted by Crippen LogP contribution is 2.31. The van der Waals surface area contributed by atoms with Crippen LogP contribution in [0.1, 0.15) is 51.4 Å². The van der Waals surface area contributed by atoms with Gasteiger partial charge in [0.1, 0.15) is 11.4 Å².